The van der Waals surface area contributed by atoms with Crippen molar-refractivity contribution in [2.45, 2.75) is 77.7 Å². The molecule has 2 aromatic rings. The molecule has 0 saturated carbocycles. The first kappa shape index (κ1) is 20.6. The van der Waals surface area contributed by atoms with Crippen LogP contribution in [0.25, 0.3) is 0 Å². The van der Waals surface area contributed by atoms with Gasteiger partial charge in [0.2, 0.25) is 0 Å². The van der Waals surface area contributed by atoms with Crippen LogP contribution in [0.5, 0.6) is 0 Å². The van der Waals surface area contributed by atoms with E-state index in [1.165, 1.54) is 79.6 Å². The van der Waals surface area contributed by atoms with E-state index in [0.717, 1.165) is 17.1 Å². The van der Waals surface area contributed by atoms with Crippen LogP contribution < -0.4 is 5.32 Å². The summed E-state index contributed by atoms with van der Waals surface area (Å²) in [5.74, 6) is 0.0175. The number of carbonyl (C=O) groups is 1. The van der Waals surface area contributed by atoms with Gasteiger partial charge in [0.25, 0.3) is 5.91 Å². The predicted octanol–water partition coefficient (Wildman–Crippen LogP) is 6.16. The molecule has 0 radical (unpaired) electrons. The van der Waals surface area contributed by atoms with Crippen molar-refractivity contribution in [1.29, 1.82) is 0 Å². The van der Waals surface area contributed by atoms with E-state index >= 15 is 0 Å². The highest BCUT2D eigenvalue weighted by atomic mass is 32.1. The largest absolute Gasteiger partial charge is 0.313 e. The number of amides is 1. The summed E-state index contributed by atoms with van der Waals surface area (Å²) in [4.78, 5) is 17.1. The highest BCUT2D eigenvalue weighted by Crippen LogP contribution is 2.39. The third-order valence-electron chi connectivity index (χ3n) is 6.35. The fourth-order valence-electron chi connectivity index (χ4n) is 4.54. The molecule has 1 aromatic carbocycles. The standard InChI is InChI=1S/C25H34N2OS/c1-25(2,3)19-13-11-18(12-14-19)23(28)26-24-21(17-27-15-7-4-8-16-27)20-9-5-6-10-22(20)29-24/h11-14H,4-10,15-17H2,1-3H3,(H,26,28). The van der Waals surface area contributed by atoms with Crippen molar-refractivity contribution < 1.29 is 4.79 Å². The van der Waals surface area contributed by atoms with Crippen molar-refractivity contribution in [2.24, 2.45) is 0 Å². The first-order valence-corrected chi connectivity index (χ1v) is 12.0. The molecule has 4 heteroatoms. The maximum atomic E-state index is 13.0. The number of carbonyl (C=O) groups excluding carboxylic acids is 1. The Morgan fingerprint density at radius 1 is 1.00 bits per heavy atom. The molecule has 0 bridgehead atoms. The van der Waals surface area contributed by atoms with Gasteiger partial charge in [-0.05, 0) is 80.3 Å². The number of piperidine rings is 1. The van der Waals surface area contributed by atoms with Crippen LogP contribution in [0.2, 0.25) is 0 Å². The van der Waals surface area contributed by atoms with E-state index in [1.54, 1.807) is 0 Å². The molecule has 0 unspecified atom stereocenters. The lowest BCUT2D eigenvalue weighted by Gasteiger charge is -2.27. The average Bonchev–Trinajstić information content (AvgIpc) is 3.05. The number of aryl methyl sites for hydroxylation is 1. The summed E-state index contributed by atoms with van der Waals surface area (Å²) in [7, 11) is 0. The Balaban J connectivity index is 1.55. The molecule has 1 amide bonds. The van der Waals surface area contributed by atoms with Crippen molar-refractivity contribution in [2.75, 3.05) is 18.4 Å². The van der Waals surface area contributed by atoms with Crippen LogP contribution in [0.15, 0.2) is 24.3 Å². The van der Waals surface area contributed by atoms with E-state index in [0.29, 0.717) is 0 Å². The zero-order chi connectivity index (χ0) is 20.4. The lowest BCUT2D eigenvalue weighted by molar-refractivity contribution is 0.102. The molecule has 1 N–H and O–H groups in total. The molecule has 1 aliphatic heterocycles. The van der Waals surface area contributed by atoms with Gasteiger partial charge < -0.3 is 5.32 Å². The first-order valence-electron chi connectivity index (χ1n) is 11.2. The normalized spacial score (nSPS) is 17.8. The van der Waals surface area contributed by atoms with Gasteiger partial charge in [-0.2, -0.15) is 0 Å². The van der Waals surface area contributed by atoms with Gasteiger partial charge in [-0.3, -0.25) is 9.69 Å². The number of fused-ring (bicyclic) bond motifs is 1. The summed E-state index contributed by atoms with van der Waals surface area (Å²) in [5, 5.41) is 4.37. The molecule has 0 atom stereocenters. The minimum Gasteiger partial charge on any atom is -0.313 e. The van der Waals surface area contributed by atoms with Crippen molar-refractivity contribution in [3.63, 3.8) is 0 Å². The third kappa shape index (κ3) is 4.75. The number of thiophene rings is 1. The number of likely N-dealkylation sites (tertiary alicyclic amines) is 1. The van der Waals surface area contributed by atoms with Crippen LogP contribution in [-0.4, -0.2) is 23.9 Å². The summed E-state index contributed by atoms with van der Waals surface area (Å²) in [6.45, 7) is 9.96. The fourth-order valence-corrected chi connectivity index (χ4v) is 5.83. The van der Waals surface area contributed by atoms with E-state index in [9.17, 15) is 4.79 Å². The summed E-state index contributed by atoms with van der Waals surface area (Å²) < 4.78 is 0. The lowest BCUT2D eigenvalue weighted by Crippen LogP contribution is -2.29. The molecular weight excluding hydrogens is 376 g/mol. The van der Waals surface area contributed by atoms with Crippen LogP contribution in [0.1, 0.15) is 84.8 Å². The molecule has 2 aliphatic rings. The minimum atomic E-state index is 0.0175. The molecule has 29 heavy (non-hydrogen) atoms. The number of hydrogen-bond acceptors (Lipinski definition) is 3. The van der Waals surface area contributed by atoms with Gasteiger partial charge in [0.15, 0.2) is 0 Å². The number of rotatable bonds is 4. The summed E-state index contributed by atoms with van der Waals surface area (Å²) in [6, 6.07) is 8.10. The van der Waals surface area contributed by atoms with E-state index in [2.05, 4.69) is 43.1 Å². The van der Waals surface area contributed by atoms with Gasteiger partial charge >= 0.3 is 0 Å². The number of nitrogens with one attached hydrogen (secondary N) is 1. The summed E-state index contributed by atoms with van der Waals surface area (Å²) in [6.07, 6.45) is 8.85. The lowest BCUT2D eigenvalue weighted by atomic mass is 9.87. The van der Waals surface area contributed by atoms with E-state index in [-0.39, 0.29) is 11.3 Å². The van der Waals surface area contributed by atoms with Crippen LogP contribution >= 0.6 is 11.3 Å². The van der Waals surface area contributed by atoms with Crippen LogP contribution in [0.3, 0.4) is 0 Å². The quantitative estimate of drug-likeness (QED) is 0.654. The Kier molecular flexibility index (Phi) is 6.12. The molecule has 2 heterocycles. The van der Waals surface area contributed by atoms with Crippen LogP contribution in [0, 0.1) is 0 Å². The molecule has 1 fully saturated rings. The van der Waals surface area contributed by atoms with E-state index < -0.39 is 0 Å². The third-order valence-corrected chi connectivity index (χ3v) is 7.60. The zero-order valence-corrected chi connectivity index (χ0v) is 19.0. The smallest absolute Gasteiger partial charge is 0.256 e. The monoisotopic (exact) mass is 410 g/mol. The van der Waals surface area contributed by atoms with E-state index in [4.69, 9.17) is 0 Å². The average molecular weight is 411 g/mol. The number of nitrogens with zero attached hydrogens (tertiary/aromatic N) is 1. The summed E-state index contributed by atoms with van der Waals surface area (Å²) in [5.41, 5.74) is 5.03. The zero-order valence-electron chi connectivity index (χ0n) is 18.1. The number of benzene rings is 1. The number of hydrogen-bond donors (Lipinski definition) is 1. The van der Waals surface area contributed by atoms with Crippen LogP contribution in [-0.2, 0) is 24.8 Å². The molecule has 0 spiro atoms. The summed E-state index contributed by atoms with van der Waals surface area (Å²) >= 11 is 1.82. The number of anilines is 1. The Morgan fingerprint density at radius 3 is 2.38 bits per heavy atom. The first-order chi connectivity index (χ1) is 13.9. The minimum absolute atomic E-state index is 0.0175. The van der Waals surface area contributed by atoms with Gasteiger partial charge in [-0.1, -0.05) is 39.3 Å². The van der Waals surface area contributed by atoms with Crippen molar-refractivity contribution >= 4 is 22.2 Å². The van der Waals surface area contributed by atoms with Crippen molar-refractivity contribution in [3.05, 3.63) is 51.4 Å². The SMILES string of the molecule is CC(C)(C)c1ccc(C(=O)Nc2sc3c(c2CN2CCCCC2)CCCC3)cc1. The van der Waals surface area contributed by atoms with Gasteiger partial charge in [-0.25, -0.2) is 0 Å². The molecule has 1 saturated heterocycles. The second-order valence-corrected chi connectivity index (χ2v) is 10.7. The fraction of sp³-hybridized carbons (Fsp3) is 0.560. The van der Waals surface area contributed by atoms with Gasteiger partial charge in [0.1, 0.15) is 5.00 Å². The van der Waals surface area contributed by atoms with Gasteiger partial charge in [-0.15, -0.1) is 11.3 Å². The maximum absolute atomic E-state index is 13.0. The molecule has 1 aliphatic carbocycles. The van der Waals surface area contributed by atoms with Crippen LogP contribution in [0.4, 0.5) is 5.00 Å². The Labute approximate surface area is 179 Å². The van der Waals surface area contributed by atoms with Gasteiger partial charge in [0, 0.05) is 22.5 Å². The highest BCUT2D eigenvalue weighted by Gasteiger charge is 2.24. The van der Waals surface area contributed by atoms with E-state index in [1.807, 2.05) is 23.5 Å². The molecule has 4 rings (SSSR count). The maximum Gasteiger partial charge on any atom is 0.256 e. The molecule has 1 aromatic heterocycles. The Morgan fingerprint density at radius 2 is 1.69 bits per heavy atom. The predicted molar refractivity (Wildman–Crippen MR) is 123 cm³/mol. The topological polar surface area (TPSA) is 32.3 Å². The van der Waals surface area contributed by atoms with Crippen molar-refractivity contribution in [3.8, 4) is 0 Å². The molecule has 156 valence electrons. The highest BCUT2D eigenvalue weighted by molar-refractivity contribution is 7.16. The second-order valence-electron chi connectivity index (χ2n) is 9.64. The molecular formula is C25H34N2OS. The van der Waals surface area contributed by atoms with Crippen molar-refractivity contribution in [1.82, 2.24) is 4.90 Å². The second kappa shape index (κ2) is 8.61. The van der Waals surface area contributed by atoms with Gasteiger partial charge in [0.05, 0.1) is 0 Å². The Hall–Kier alpha value is -1.65. The Bertz CT molecular complexity index is 854. The molecule has 3 nitrogen and oxygen atoms in total.